The molecule has 0 atom stereocenters. The Balaban J connectivity index is 1.75. The van der Waals surface area contributed by atoms with Gasteiger partial charge in [0.15, 0.2) is 0 Å². The van der Waals surface area contributed by atoms with Crippen molar-refractivity contribution in [1.82, 2.24) is 4.57 Å². The minimum absolute atomic E-state index is 1.17. The van der Waals surface area contributed by atoms with E-state index in [2.05, 4.69) is 121 Å². The quantitative estimate of drug-likeness (QED) is 0.318. The van der Waals surface area contributed by atoms with Gasteiger partial charge in [0.1, 0.15) is 0 Å². The van der Waals surface area contributed by atoms with Crippen LogP contribution in [0.5, 0.6) is 0 Å². The molecule has 142 valence electrons. The summed E-state index contributed by atoms with van der Waals surface area (Å²) < 4.78 is 2.27. The highest BCUT2D eigenvalue weighted by Gasteiger charge is 2.15. The zero-order chi connectivity index (χ0) is 20.0. The summed E-state index contributed by atoms with van der Waals surface area (Å²) in [6, 6.07) is 32.9. The number of hydrogen-bond acceptors (Lipinski definition) is 1. The van der Waals surface area contributed by atoms with Gasteiger partial charge in [-0.3, -0.25) is 0 Å². The second kappa shape index (κ2) is 6.82. The van der Waals surface area contributed by atoms with Gasteiger partial charge in [-0.1, -0.05) is 53.6 Å². The minimum Gasteiger partial charge on any atom is -0.344 e. The van der Waals surface area contributed by atoms with E-state index in [1.54, 1.807) is 0 Å². The molecule has 0 aliphatic heterocycles. The molecule has 0 bridgehead atoms. The number of nitrogens with zero attached hydrogens (tertiary/aromatic N) is 2. The van der Waals surface area contributed by atoms with Crippen LogP contribution >= 0.6 is 0 Å². The van der Waals surface area contributed by atoms with Crippen molar-refractivity contribution in [2.45, 2.75) is 13.8 Å². The fourth-order valence-electron chi connectivity index (χ4n) is 4.13. The molecular formula is C27H24N2. The summed E-state index contributed by atoms with van der Waals surface area (Å²) in [5, 5.41) is 2.57. The zero-order valence-electron chi connectivity index (χ0n) is 17.1. The highest BCUT2D eigenvalue weighted by atomic mass is 15.1. The number of para-hydroxylation sites is 1. The van der Waals surface area contributed by atoms with Crippen LogP contribution < -0.4 is 4.90 Å². The summed E-state index contributed by atoms with van der Waals surface area (Å²) in [5.41, 5.74) is 8.54. The molecule has 5 rings (SSSR count). The molecule has 0 aliphatic carbocycles. The Kier molecular flexibility index (Phi) is 4.13. The van der Waals surface area contributed by atoms with Crippen molar-refractivity contribution in [2.75, 3.05) is 4.90 Å². The summed E-state index contributed by atoms with van der Waals surface area (Å²) in [5.74, 6) is 0. The second-order valence-electron chi connectivity index (χ2n) is 7.78. The predicted octanol–water partition coefficient (Wildman–Crippen LogP) is 7.42. The summed E-state index contributed by atoms with van der Waals surface area (Å²) in [6.07, 6.45) is 0. The molecule has 2 nitrogen and oxygen atoms in total. The van der Waals surface area contributed by atoms with Crippen molar-refractivity contribution in [2.24, 2.45) is 7.05 Å². The van der Waals surface area contributed by atoms with E-state index in [-0.39, 0.29) is 0 Å². The van der Waals surface area contributed by atoms with Gasteiger partial charge < -0.3 is 9.47 Å². The molecule has 0 aliphatic rings. The van der Waals surface area contributed by atoms with Crippen LogP contribution in [0.2, 0.25) is 0 Å². The topological polar surface area (TPSA) is 8.17 Å². The number of aromatic nitrogens is 1. The molecule has 0 fully saturated rings. The van der Waals surface area contributed by atoms with Gasteiger partial charge in [-0.2, -0.15) is 0 Å². The molecule has 2 heteroatoms. The zero-order valence-corrected chi connectivity index (χ0v) is 17.1. The van der Waals surface area contributed by atoms with Crippen LogP contribution in [0.3, 0.4) is 0 Å². The number of rotatable bonds is 3. The normalized spacial score (nSPS) is 11.3. The maximum atomic E-state index is 2.33. The van der Waals surface area contributed by atoms with E-state index in [1.807, 2.05) is 0 Å². The number of aryl methyl sites for hydroxylation is 3. The van der Waals surface area contributed by atoms with Gasteiger partial charge in [-0.25, -0.2) is 0 Å². The molecule has 0 saturated carbocycles. The highest BCUT2D eigenvalue weighted by Crippen LogP contribution is 2.38. The summed E-state index contributed by atoms with van der Waals surface area (Å²) >= 11 is 0. The summed E-state index contributed by atoms with van der Waals surface area (Å²) in [7, 11) is 2.14. The van der Waals surface area contributed by atoms with E-state index in [4.69, 9.17) is 0 Å². The van der Waals surface area contributed by atoms with Gasteiger partial charge in [0, 0.05) is 45.9 Å². The van der Waals surface area contributed by atoms with Gasteiger partial charge >= 0.3 is 0 Å². The number of fused-ring (bicyclic) bond motifs is 3. The van der Waals surface area contributed by atoms with Crippen LogP contribution in [0.1, 0.15) is 11.1 Å². The monoisotopic (exact) mass is 376 g/mol. The van der Waals surface area contributed by atoms with E-state index in [9.17, 15) is 0 Å². The van der Waals surface area contributed by atoms with Crippen LogP contribution in [-0.4, -0.2) is 4.57 Å². The Morgan fingerprint density at radius 1 is 0.552 bits per heavy atom. The number of anilines is 3. The van der Waals surface area contributed by atoms with Crippen molar-refractivity contribution in [3.63, 3.8) is 0 Å². The van der Waals surface area contributed by atoms with Crippen molar-refractivity contribution >= 4 is 38.9 Å². The first-order valence-corrected chi connectivity index (χ1v) is 10.0. The first-order chi connectivity index (χ1) is 14.1. The fraction of sp³-hybridized carbons (Fsp3) is 0.111. The molecule has 0 unspecified atom stereocenters. The SMILES string of the molecule is Cc1ccc(N(c2ccc(C)cc2)c2ccc3c(c2)c2ccccc2n3C)cc1. The third-order valence-corrected chi connectivity index (χ3v) is 5.74. The molecule has 0 amide bonds. The van der Waals surface area contributed by atoms with Crippen molar-refractivity contribution < 1.29 is 0 Å². The lowest BCUT2D eigenvalue weighted by atomic mass is 10.1. The first kappa shape index (κ1) is 17.6. The van der Waals surface area contributed by atoms with E-state index in [1.165, 1.54) is 50.0 Å². The molecule has 5 aromatic rings. The second-order valence-corrected chi connectivity index (χ2v) is 7.78. The average molecular weight is 377 g/mol. The highest BCUT2D eigenvalue weighted by molar-refractivity contribution is 6.09. The molecule has 0 radical (unpaired) electrons. The maximum Gasteiger partial charge on any atom is 0.0490 e. The third kappa shape index (κ3) is 2.98. The van der Waals surface area contributed by atoms with E-state index in [0.29, 0.717) is 0 Å². The molecule has 1 aromatic heterocycles. The summed E-state index contributed by atoms with van der Waals surface area (Å²) in [4.78, 5) is 2.33. The van der Waals surface area contributed by atoms with Crippen LogP contribution in [0, 0.1) is 13.8 Å². The molecule has 1 heterocycles. The number of hydrogen-bond donors (Lipinski definition) is 0. The van der Waals surface area contributed by atoms with Crippen molar-refractivity contribution in [3.8, 4) is 0 Å². The van der Waals surface area contributed by atoms with E-state index < -0.39 is 0 Å². The Labute approximate surface area is 171 Å². The minimum atomic E-state index is 1.17. The largest absolute Gasteiger partial charge is 0.344 e. The van der Waals surface area contributed by atoms with Gasteiger partial charge in [0.05, 0.1) is 0 Å². The lowest BCUT2D eigenvalue weighted by Gasteiger charge is -2.26. The lowest BCUT2D eigenvalue weighted by molar-refractivity contribution is 1.01. The van der Waals surface area contributed by atoms with Gasteiger partial charge in [-0.05, 0) is 62.4 Å². The molecule has 0 spiro atoms. The van der Waals surface area contributed by atoms with Gasteiger partial charge in [-0.15, -0.1) is 0 Å². The Hall–Kier alpha value is -3.52. The van der Waals surface area contributed by atoms with Gasteiger partial charge in [0.2, 0.25) is 0 Å². The number of benzene rings is 4. The molecule has 0 saturated heterocycles. The van der Waals surface area contributed by atoms with Crippen LogP contribution in [0.25, 0.3) is 21.8 Å². The first-order valence-electron chi connectivity index (χ1n) is 10.0. The van der Waals surface area contributed by atoms with Crippen molar-refractivity contribution in [3.05, 3.63) is 102 Å². The predicted molar refractivity (Wildman–Crippen MR) is 125 cm³/mol. The average Bonchev–Trinajstić information content (AvgIpc) is 3.03. The van der Waals surface area contributed by atoms with E-state index >= 15 is 0 Å². The molecule has 0 N–H and O–H groups in total. The Bertz CT molecular complexity index is 1260. The standard InChI is InChI=1S/C27H24N2/c1-19-8-12-21(13-9-19)29(22-14-10-20(2)11-15-22)23-16-17-27-25(18-23)24-6-4-5-7-26(24)28(27)3/h4-18H,1-3H3. The Morgan fingerprint density at radius 3 is 1.69 bits per heavy atom. The maximum absolute atomic E-state index is 2.33. The summed E-state index contributed by atoms with van der Waals surface area (Å²) in [6.45, 7) is 4.25. The fourth-order valence-corrected chi connectivity index (χ4v) is 4.13. The lowest BCUT2D eigenvalue weighted by Crippen LogP contribution is -2.09. The van der Waals surface area contributed by atoms with E-state index in [0.717, 1.165) is 0 Å². The van der Waals surface area contributed by atoms with Crippen molar-refractivity contribution in [1.29, 1.82) is 0 Å². The van der Waals surface area contributed by atoms with Crippen LogP contribution in [0.15, 0.2) is 91.0 Å². The third-order valence-electron chi connectivity index (χ3n) is 5.74. The Morgan fingerprint density at radius 2 is 1.07 bits per heavy atom. The smallest absolute Gasteiger partial charge is 0.0490 e. The van der Waals surface area contributed by atoms with Crippen LogP contribution in [-0.2, 0) is 7.05 Å². The van der Waals surface area contributed by atoms with Gasteiger partial charge in [0.25, 0.3) is 0 Å². The molecule has 4 aromatic carbocycles. The van der Waals surface area contributed by atoms with Crippen LogP contribution in [0.4, 0.5) is 17.1 Å². The molecule has 29 heavy (non-hydrogen) atoms. The molecular weight excluding hydrogens is 352 g/mol.